The van der Waals surface area contributed by atoms with Gasteiger partial charge in [-0.1, -0.05) is 111 Å². The van der Waals surface area contributed by atoms with Gasteiger partial charge in [0.15, 0.2) is 0 Å². The predicted molar refractivity (Wildman–Crippen MR) is 131 cm³/mol. The molecule has 175 valence electrons. The van der Waals surface area contributed by atoms with Crippen LogP contribution in [0.2, 0.25) is 0 Å². The quantitative estimate of drug-likeness (QED) is 0.324. The van der Waals surface area contributed by atoms with E-state index in [4.69, 9.17) is 5.73 Å². The summed E-state index contributed by atoms with van der Waals surface area (Å²) in [4.78, 5) is 10.3. The van der Waals surface area contributed by atoms with E-state index in [1.54, 1.807) is 0 Å². The molecule has 0 spiro atoms. The Hall–Kier alpha value is -0.943. The van der Waals surface area contributed by atoms with Crippen LogP contribution in [-0.4, -0.2) is 15.4 Å². The Morgan fingerprint density at radius 3 is 1.55 bits per heavy atom. The molecule has 4 rings (SSSR count). The van der Waals surface area contributed by atoms with Crippen LogP contribution in [-0.2, 0) is 30.6 Å². The maximum Gasteiger partial charge on any atom is 4.00 e. The van der Waals surface area contributed by atoms with E-state index >= 15 is 0 Å². The number of hydrogen-bond donors (Lipinski definition) is 0. The van der Waals surface area contributed by atoms with Crippen molar-refractivity contribution in [2.24, 2.45) is 11.8 Å². The van der Waals surface area contributed by atoms with E-state index in [1.807, 2.05) is 0 Å². The minimum atomic E-state index is -0.359. The molecule has 0 aromatic heterocycles. The van der Waals surface area contributed by atoms with Crippen molar-refractivity contribution in [3.63, 3.8) is 0 Å². The van der Waals surface area contributed by atoms with E-state index in [9.17, 15) is 4.79 Å². The van der Waals surface area contributed by atoms with Crippen LogP contribution in [0.15, 0.2) is 77.4 Å². The Kier molecular flexibility index (Phi) is 19.1. The van der Waals surface area contributed by atoms with Gasteiger partial charge in [-0.25, -0.2) is 5.57 Å². The first-order valence-corrected chi connectivity index (χ1v) is 12.0. The summed E-state index contributed by atoms with van der Waals surface area (Å²) in [6, 6.07) is 21.3. The molecule has 1 amide bonds. The second-order valence-electron chi connectivity index (χ2n) is 8.11. The molecule has 2 aromatic rings. The maximum atomic E-state index is 10.3. The van der Waals surface area contributed by atoms with Gasteiger partial charge in [0.1, 0.15) is 9.52 Å². The fourth-order valence-corrected chi connectivity index (χ4v) is 4.86. The molecular formula is C27H34Cl2HfNOSi. The maximum absolute atomic E-state index is 10.3. The van der Waals surface area contributed by atoms with E-state index in [0.717, 1.165) is 25.7 Å². The van der Waals surface area contributed by atoms with Gasteiger partial charge in [0.25, 0.3) is 0 Å². The third-order valence-corrected chi connectivity index (χ3v) is 7.33. The molecular weight excluding hydrogens is 632 g/mol. The number of rotatable bonds is 3. The van der Waals surface area contributed by atoms with Crippen molar-refractivity contribution in [1.29, 1.82) is 0 Å². The molecule has 2 aliphatic carbocycles. The molecule has 6 heteroatoms. The SMILES string of the molecule is CC1=[C-]C(C)C(C)=C1C.[Cl-].[Cl-].[Hf+4].[NH-]C(=O)C1CCCC1.c1ccc([SiH]c2ccccc2)cc1. The smallest absolute Gasteiger partial charge is 1.00 e. The van der Waals surface area contributed by atoms with E-state index in [2.05, 4.69) is 94.4 Å². The topological polar surface area (TPSA) is 40.9 Å². The average Bonchev–Trinajstić information content (AvgIpc) is 3.37. The van der Waals surface area contributed by atoms with Crippen molar-refractivity contribution in [3.05, 3.63) is 89.2 Å². The van der Waals surface area contributed by atoms with Gasteiger partial charge in [0.2, 0.25) is 0 Å². The Bertz CT molecular complexity index is 829. The summed E-state index contributed by atoms with van der Waals surface area (Å²) >= 11 is 0. The fourth-order valence-electron chi connectivity index (χ4n) is 3.64. The van der Waals surface area contributed by atoms with Gasteiger partial charge in [-0.05, 0) is 12.8 Å². The fraction of sp³-hybridized carbons (Fsp3) is 0.370. The summed E-state index contributed by atoms with van der Waals surface area (Å²) in [6.45, 7) is 8.67. The van der Waals surface area contributed by atoms with E-state index in [-0.39, 0.29) is 72.0 Å². The van der Waals surface area contributed by atoms with Crippen LogP contribution in [0.3, 0.4) is 0 Å². The van der Waals surface area contributed by atoms with Gasteiger partial charge >= 0.3 is 25.8 Å². The van der Waals surface area contributed by atoms with Crippen molar-refractivity contribution < 1.29 is 55.5 Å². The molecule has 1 saturated carbocycles. The molecule has 1 unspecified atom stereocenters. The molecule has 0 heterocycles. The van der Waals surface area contributed by atoms with E-state index < -0.39 is 0 Å². The predicted octanol–water partition coefficient (Wildman–Crippen LogP) is -0.443. The van der Waals surface area contributed by atoms with Crippen molar-refractivity contribution in [2.75, 3.05) is 0 Å². The Morgan fingerprint density at radius 1 is 0.879 bits per heavy atom. The van der Waals surface area contributed by atoms with Gasteiger partial charge in [-0.3, -0.25) is 6.08 Å². The number of carbonyl (C=O) groups excluding carboxylic acids is 1. The van der Waals surface area contributed by atoms with Crippen LogP contribution in [0.1, 0.15) is 53.4 Å². The standard InChI is InChI=1S/C12H11Si.C9H13.C6H11NO.2ClH.Hf/c1-3-7-11(8-4-1)13-12-9-5-2-6-10-12;1-6-5-7(2)9(4)8(6)3;7-6(8)5-3-1-2-4-5;;;/h1-10,13H;6H,1-4H3;5H,1-4H2,(H2,7,8);2*1H;/q;-1;;;;+4/p-3. The summed E-state index contributed by atoms with van der Waals surface area (Å²) in [7, 11) is 0.271. The Labute approximate surface area is 234 Å². The second-order valence-corrected chi connectivity index (χ2v) is 9.73. The summed E-state index contributed by atoms with van der Waals surface area (Å²) in [5.74, 6) is 0.294. The molecule has 33 heavy (non-hydrogen) atoms. The van der Waals surface area contributed by atoms with Gasteiger partial charge in [0.05, 0.1) is 5.91 Å². The molecule has 1 N–H and O–H groups in total. The number of carbonyl (C=O) groups is 1. The van der Waals surface area contributed by atoms with Crippen LogP contribution in [0.25, 0.3) is 5.73 Å². The van der Waals surface area contributed by atoms with Crippen LogP contribution < -0.4 is 35.2 Å². The normalized spacial score (nSPS) is 16.5. The minimum absolute atomic E-state index is 0. The molecule has 0 saturated heterocycles. The van der Waals surface area contributed by atoms with Crippen molar-refractivity contribution >= 4 is 25.8 Å². The summed E-state index contributed by atoms with van der Waals surface area (Å²) in [5.41, 5.74) is 11.0. The number of benzene rings is 2. The minimum Gasteiger partial charge on any atom is -1.00 e. The molecule has 1 atom stereocenters. The van der Waals surface area contributed by atoms with Crippen molar-refractivity contribution in [3.8, 4) is 0 Å². The van der Waals surface area contributed by atoms with Crippen LogP contribution in [0.4, 0.5) is 0 Å². The molecule has 2 nitrogen and oxygen atoms in total. The number of amides is 1. The Balaban J connectivity index is 0. The number of allylic oxidation sites excluding steroid dienone is 4. The first kappa shape index (κ1) is 34.2. The Morgan fingerprint density at radius 2 is 1.30 bits per heavy atom. The van der Waals surface area contributed by atoms with Crippen LogP contribution in [0, 0.1) is 17.9 Å². The first-order valence-electron chi connectivity index (χ1n) is 10.9. The second kappa shape index (κ2) is 18.4. The van der Waals surface area contributed by atoms with Gasteiger partial charge in [-0.15, -0.1) is 6.92 Å². The summed E-state index contributed by atoms with van der Waals surface area (Å²) in [5, 5.41) is 2.90. The van der Waals surface area contributed by atoms with Crippen molar-refractivity contribution in [2.45, 2.75) is 53.4 Å². The van der Waals surface area contributed by atoms with Crippen molar-refractivity contribution in [1.82, 2.24) is 0 Å². The monoisotopic (exact) mass is 666 g/mol. The molecule has 2 aliphatic rings. The molecule has 0 bridgehead atoms. The van der Waals surface area contributed by atoms with Crippen LogP contribution in [0.5, 0.6) is 0 Å². The zero-order valence-electron chi connectivity index (χ0n) is 20.0. The number of hydrogen-bond acceptors (Lipinski definition) is 1. The zero-order valence-corrected chi connectivity index (χ0v) is 26.3. The van der Waals surface area contributed by atoms with Gasteiger partial charge < -0.3 is 35.3 Å². The molecule has 1 fully saturated rings. The average molecular weight is 666 g/mol. The first-order chi connectivity index (χ1) is 14.4. The van der Waals surface area contributed by atoms with E-state index in [0.29, 0.717) is 5.92 Å². The molecule has 1 radical (unpaired) electrons. The van der Waals surface area contributed by atoms with Gasteiger partial charge in [-0.2, -0.15) is 11.1 Å². The number of halogens is 2. The third-order valence-electron chi connectivity index (χ3n) is 5.89. The molecule has 2 aromatic carbocycles. The largest absolute Gasteiger partial charge is 4.00 e. The third kappa shape index (κ3) is 12.4. The summed E-state index contributed by atoms with van der Waals surface area (Å²) in [6.07, 6.45) is 7.58. The van der Waals surface area contributed by atoms with Gasteiger partial charge in [0, 0.05) is 5.92 Å². The zero-order chi connectivity index (χ0) is 21.9. The van der Waals surface area contributed by atoms with E-state index in [1.165, 1.54) is 27.1 Å². The van der Waals surface area contributed by atoms with Crippen LogP contribution >= 0.6 is 0 Å². The molecule has 0 aliphatic heterocycles. The summed E-state index contributed by atoms with van der Waals surface area (Å²) < 4.78 is 0. The number of nitrogens with one attached hydrogen (secondary N) is 1.